The standard InChI is InChI=1S/C12H23N3O2/c1-3-17-7-4-6-15-11-14-10-12(15)9-13-5-8-16-2/h10-11,13H,3-9H2,1-2H3. The van der Waals surface area contributed by atoms with Gasteiger partial charge in [0.15, 0.2) is 0 Å². The maximum Gasteiger partial charge on any atom is 0.0948 e. The molecule has 5 heteroatoms. The Morgan fingerprint density at radius 1 is 1.41 bits per heavy atom. The first-order valence-electron chi connectivity index (χ1n) is 6.15. The first-order chi connectivity index (χ1) is 8.38. The van der Waals surface area contributed by atoms with Crippen molar-refractivity contribution in [2.45, 2.75) is 26.4 Å². The van der Waals surface area contributed by atoms with Gasteiger partial charge in [0.2, 0.25) is 0 Å². The smallest absolute Gasteiger partial charge is 0.0948 e. The first kappa shape index (κ1) is 14.2. The topological polar surface area (TPSA) is 48.3 Å². The van der Waals surface area contributed by atoms with Crippen molar-refractivity contribution in [1.29, 1.82) is 0 Å². The van der Waals surface area contributed by atoms with Crippen LogP contribution in [0.1, 0.15) is 19.0 Å². The number of hydrogen-bond acceptors (Lipinski definition) is 4. The summed E-state index contributed by atoms with van der Waals surface area (Å²) in [5.41, 5.74) is 1.21. The second-order valence-electron chi connectivity index (χ2n) is 3.80. The summed E-state index contributed by atoms with van der Waals surface area (Å²) < 4.78 is 12.5. The van der Waals surface area contributed by atoms with Crippen LogP contribution in [0.15, 0.2) is 12.5 Å². The van der Waals surface area contributed by atoms with E-state index in [0.29, 0.717) is 0 Å². The summed E-state index contributed by atoms with van der Waals surface area (Å²) in [6, 6.07) is 0. The van der Waals surface area contributed by atoms with Gasteiger partial charge in [-0.2, -0.15) is 0 Å². The minimum absolute atomic E-state index is 0.735. The summed E-state index contributed by atoms with van der Waals surface area (Å²) in [5, 5.41) is 3.31. The van der Waals surface area contributed by atoms with E-state index in [9.17, 15) is 0 Å². The quantitative estimate of drug-likeness (QED) is 0.622. The first-order valence-corrected chi connectivity index (χ1v) is 6.15. The SMILES string of the molecule is CCOCCCn1cncc1CNCCOC. The summed E-state index contributed by atoms with van der Waals surface area (Å²) in [5.74, 6) is 0. The van der Waals surface area contributed by atoms with E-state index in [2.05, 4.69) is 14.9 Å². The molecule has 0 saturated heterocycles. The lowest BCUT2D eigenvalue weighted by atomic mass is 10.4. The molecule has 0 spiro atoms. The van der Waals surface area contributed by atoms with Gasteiger partial charge in [-0.05, 0) is 13.3 Å². The number of ether oxygens (including phenoxy) is 2. The summed E-state index contributed by atoms with van der Waals surface area (Å²) in [6.07, 6.45) is 4.80. The van der Waals surface area contributed by atoms with E-state index >= 15 is 0 Å². The van der Waals surface area contributed by atoms with Crippen molar-refractivity contribution in [1.82, 2.24) is 14.9 Å². The molecule has 1 rings (SSSR count). The molecule has 0 atom stereocenters. The Balaban J connectivity index is 2.22. The Bertz CT molecular complexity index is 263. The molecule has 1 heterocycles. The van der Waals surface area contributed by atoms with Crippen molar-refractivity contribution in [3.63, 3.8) is 0 Å². The summed E-state index contributed by atoms with van der Waals surface area (Å²) in [6.45, 7) is 7.00. The van der Waals surface area contributed by atoms with Crippen molar-refractivity contribution in [2.24, 2.45) is 0 Å². The van der Waals surface area contributed by atoms with Crippen LogP contribution in [0.3, 0.4) is 0 Å². The number of rotatable bonds is 10. The molecule has 98 valence electrons. The van der Waals surface area contributed by atoms with Crippen LogP contribution < -0.4 is 5.32 Å². The van der Waals surface area contributed by atoms with Gasteiger partial charge >= 0.3 is 0 Å². The summed E-state index contributed by atoms with van der Waals surface area (Å²) in [7, 11) is 1.71. The fourth-order valence-corrected chi connectivity index (χ4v) is 1.57. The predicted molar refractivity (Wildman–Crippen MR) is 66.9 cm³/mol. The number of aromatic nitrogens is 2. The van der Waals surface area contributed by atoms with Crippen LogP contribution in [0.25, 0.3) is 0 Å². The third kappa shape index (κ3) is 5.81. The molecule has 0 radical (unpaired) electrons. The van der Waals surface area contributed by atoms with E-state index in [-0.39, 0.29) is 0 Å². The third-order valence-electron chi connectivity index (χ3n) is 2.48. The zero-order valence-corrected chi connectivity index (χ0v) is 10.8. The molecule has 0 aromatic carbocycles. The molecule has 0 unspecified atom stereocenters. The molecule has 0 aliphatic carbocycles. The van der Waals surface area contributed by atoms with E-state index in [0.717, 1.165) is 45.9 Å². The summed E-state index contributed by atoms with van der Waals surface area (Å²) in [4.78, 5) is 4.17. The molecule has 1 N–H and O–H groups in total. The third-order valence-corrected chi connectivity index (χ3v) is 2.48. The van der Waals surface area contributed by atoms with Gasteiger partial charge in [0.05, 0.1) is 18.6 Å². The van der Waals surface area contributed by atoms with Crippen molar-refractivity contribution >= 4 is 0 Å². The molecule has 0 fully saturated rings. The highest BCUT2D eigenvalue weighted by Crippen LogP contribution is 2.00. The number of imidazole rings is 1. The largest absolute Gasteiger partial charge is 0.383 e. The van der Waals surface area contributed by atoms with Gasteiger partial charge in [-0.1, -0.05) is 0 Å². The van der Waals surface area contributed by atoms with Gasteiger partial charge in [-0.3, -0.25) is 0 Å². The Morgan fingerprint density at radius 3 is 3.06 bits per heavy atom. The zero-order valence-electron chi connectivity index (χ0n) is 10.8. The number of hydrogen-bond donors (Lipinski definition) is 1. The monoisotopic (exact) mass is 241 g/mol. The highest BCUT2D eigenvalue weighted by molar-refractivity contribution is 4.97. The molecule has 5 nitrogen and oxygen atoms in total. The lowest BCUT2D eigenvalue weighted by Crippen LogP contribution is -2.20. The average molecular weight is 241 g/mol. The second-order valence-corrected chi connectivity index (χ2v) is 3.80. The van der Waals surface area contributed by atoms with Crippen LogP contribution in [-0.2, 0) is 22.6 Å². The van der Waals surface area contributed by atoms with Crippen LogP contribution in [0.5, 0.6) is 0 Å². The molecule has 1 aromatic heterocycles. The second kappa shape index (κ2) is 9.15. The highest BCUT2D eigenvalue weighted by atomic mass is 16.5. The Hall–Kier alpha value is -0.910. The molecule has 0 aliphatic heterocycles. The van der Waals surface area contributed by atoms with Gasteiger partial charge in [0.25, 0.3) is 0 Å². The normalized spacial score (nSPS) is 10.9. The molecular formula is C12H23N3O2. The fourth-order valence-electron chi connectivity index (χ4n) is 1.57. The minimum Gasteiger partial charge on any atom is -0.383 e. The lowest BCUT2D eigenvalue weighted by Gasteiger charge is -2.09. The molecule has 0 bridgehead atoms. The maximum atomic E-state index is 5.32. The van der Waals surface area contributed by atoms with E-state index in [1.165, 1.54) is 5.69 Å². The minimum atomic E-state index is 0.735. The number of nitrogens with zero attached hydrogens (tertiary/aromatic N) is 2. The maximum absolute atomic E-state index is 5.32. The van der Waals surface area contributed by atoms with E-state index < -0.39 is 0 Å². The average Bonchev–Trinajstić information content (AvgIpc) is 2.78. The van der Waals surface area contributed by atoms with Gasteiger partial charge < -0.3 is 19.4 Å². The van der Waals surface area contributed by atoms with Gasteiger partial charge in [-0.15, -0.1) is 0 Å². The van der Waals surface area contributed by atoms with Gasteiger partial charge in [0.1, 0.15) is 0 Å². The van der Waals surface area contributed by atoms with E-state index in [4.69, 9.17) is 9.47 Å². The van der Waals surface area contributed by atoms with Crippen molar-refractivity contribution < 1.29 is 9.47 Å². The van der Waals surface area contributed by atoms with E-state index in [1.54, 1.807) is 7.11 Å². The zero-order chi connectivity index (χ0) is 12.3. The van der Waals surface area contributed by atoms with Gasteiger partial charge in [0, 0.05) is 46.2 Å². The Labute approximate surface area is 103 Å². The van der Waals surface area contributed by atoms with Crippen LogP contribution in [0, 0.1) is 0 Å². The predicted octanol–water partition coefficient (Wildman–Crippen LogP) is 1.05. The van der Waals surface area contributed by atoms with Crippen LogP contribution >= 0.6 is 0 Å². The molecule has 0 saturated carbocycles. The van der Waals surface area contributed by atoms with Crippen molar-refractivity contribution in [3.05, 3.63) is 18.2 Å². The van der Waals surface area contributed by atoms with Crippen molar-refractivity contribution in [3.8, 4) is 0 Å². The number of methoxy groups -OCH3 is 1. The Kier molecular flexibility index (Phi) is 7.62. The van der Waals surface area contributed by atoms with Crippen molar-refractivity contribution in [2.75, 3.05) is 33.5 Å². The molecule has 17 heavy (non-hydrogen) atoms. The van der Waals surface area contributed by atoms with Crippen LogP contribution in [0.2, 0.25) is 0 Å². The molecular weight excluding hydrogens is 218 g/mol. The van der Waals surface area contributed by atoms with E-state index in [1.807, 2.05) is 19.4 Å². The van der Waals surface area contributed by atoms with Crippen LogP contribution in [-0.4, -0.2) is 43.0 Å². The lowest BCUT2D eigenvalue weighted by molar-refractivity contribution is 0.141. The molecule has 0 aliphatic rings. The highest BCUT2D eigenvalue weighted by Gasteiger charge is 2.01. The number of aryl methyl sites for hydroxylation is 1. The number of nitrogens with one attached hydrogen (secondary N) is 1. The van der Waals surface area contributed by atoms with Gasteiger partial charge in [-0.25, -0.2) is 4.98 Å². The molecule has 1 aromatic rings. The van der Waals surface area contributed by atoms with Crippen LogP contribution in [0.4, 0.5) is 0 Å². The summed E-state index contributed by atoms with van der Waals surface area (Å²) >= 11 is 0. The fraction of sp³-hybridized carbons (Fsp3) is 0.750. The Morgan fingerprint density at radius 2 is 2.29 bits per heavy atom. The molecule has 0 amide bonds.